The predicted octanol–water partition coefficient (Wildman–Crippen LogP) is 1.33. The van der Waals surface area contributed by atoms with Gasteiger partial charge in [0.1, 0.15) is 0 Å². The zero-order valence-electron chi connectivity index (χ0n) is 8.99. The summed E-state index contributed by atoms with van der Waals surface area (Å²) < 4.78 is 0. The van der Waals surface area contributed by atoms with Gasteiger partial charge in [-0.25, -0.2) is 0 Å². The van der Waals surface area contributed by atoms with E-state index in [1.165, 1.54) is 5.56 Å². The van der Waals surface area contributed by atoms with Gasteiger partial charge in [-0.15, -0.1) is 0 Å². The summed E-state index contributed by atoms with van der Waals surface area (Å²) in [6.07, 6.45) is 3.54. The van der Waals surface area contributed by atoms with Crippen molar-refractivity contribution in [3.8, 4) is 0 Å². The molecule has 0 saturated heterocycles. The molecular formula is C11H18N2O. The average molecular weight is 194 g/mol. The van der Waals surface area contributed by atoms with Gasteiger partial charge >= 0.3 is 0 Å². The number of hydrogen-bond donors (Lipinski definition) is 2. The molecule has 14 heavy (non-hydrogen) atoms. The molecule has 1 heterocycles. The van der Waals surface area contributed by atoms with Crippen LogP contribution in [-0.4, -0.2) is 21.7 Å². The molecule has 0 amide bonds. The fourth-order valence-corrected chi connectivity index (χ4v) is 1.02. The Labute approximate surface area is 85.2 Å². The Hall–Kier alpha value is -0.930. The number of pyridine rings is 1. The molecular weight excluding hydrogens is 176 g/mol. The lowest BCUT2D eigenvalue weighted by Gasteiger charge is -2.26. The van der Waals surface area contributed by atoms with Crippen molar-refractivity contribution in [1.82, 2.24) is 10.3 Å². The highest BCUT2D eigenvalue weighted by atomic mass is 16.3. The lowest BCUT2D eigenvalue weighted by atomic mass is 10.0. The van der Waals surface area contributed by atoms with E-state index in [-0.39, 0.29) is 6.04 Å². The van der Waals surface area contributed by atoms with Crippen LogP contribution >= 0.6 is 0 Å². The fourth-order valence-electron chi connectivity index (χ4n) is 1.02. The van der Waals surface area contributed by atoms with Gasteiger partial charge in [0.2, 0.25) is 0 Å². The van der Waals surface area contributed by atoms with Crippen LogP contribution in [-0.2, 0) is 6.54 Å². The summed E-state index contributed by atoms with van der Waals surface area (Å²) in [5.74, 6) is 0. The van der Waals surface area contributed by atoms with Crippen molar-refractivity contribution in [1.29, 1.82) is 0 Å². The van der Waals surface area contributed by atoms with E-state index in [9.17, 15) is 5.11 Å². The lowest BCUT2D eigenvalue weighted by molar-refractivity contribution is 0.0437. The number of aromatic nitrogens is 1. The highest BCUT2D eigenvalue weighted by Gasteiger charge is 2.21. The number of hydrogen-bond acceptors (Lipinski definition) is 3. The molecule has 0 aliphatic heterocycles. The first-order chi connectivity index (χ1) is 6.50. The van der Waals surface area contributed by atoms with Crippen molar-refractivity contribution in [3.05, 3.63) is 30.1 Å². The van der Waals surface area contributed by atoms with E-state index < -0.39 is 5.60 Å². The maximum Gasteiger partial charge on any atom is 0.0741 e. The molecule has 0 aromatic carbocycles. The Morgan fingerprint density at radius 1 is 1.43 bits per heavy atom. The SMILES string of the molecule is CC(NCc1ccncc1)C(C)(C)O. The highest BCUT2D eigenvalue weighted by molar-refractivity contribution is 5.09. The Bertz CT molecular complexity index is 266. The zero-order valence-corrected chi connectivity index (χ0v) is 8.99. The van der Waals surface area contributed by atoms with Crippen LogP contribution in [0.25, 0.3) is 0 Å². The van der Waals surface area contributed by atoms with Gasteiger partial charge in [-0.05, 0) is 38.5 Å². The summed E-state index contributed by atoms with van der Waals surface area (Å²) in [6.45, 7) is 6.34. The molecule has 0 spiro atoms. The van der Waals surface area contributed by atoms with Gasteiger partial charge in [0, 0.05) is 25.0 Å². The first kappa shape index (κ1) is 11.1. The topological polar surface area (TPSA) is 45.2 Å². The minimum absolute atomic E-state index is 0.0654. The van der Waals surface area contributed by atoms with Crippen molar-refractivity contribution in [3.63, 3.8) is 0 Å². The average Bonchev–Trinajstić information content (AvgIpc) is 2.14. The molecule has 78 valence electrons. The van der Waals surface area contributed by atoms with Gasteiger partial charge < -0.3 is 10.4 Å². The molecule has 0 saturated carbocycles. The van der Waals surface area contributed by atoms with E-state index in [2.05, 4.69) is 10.3 Å². The van der Waals surface area contributed by atoms with Crippen molar-refractivity contribution in [2.75, 3.05) is 0 Å². The van der Waals surface area contributed by atoms with Crippen LogP contribution in [0.4, 0.5) is 0 Å². The zero-order chi connectivity index (χ0) is 10.6. The Balaban J connectivity index is 2.42. The van der Waals surface area contributed by atoms with Crippen LogP contribution in [0.1, 0.15) is 26.3 Å². The molecule has 3 nitrogen and oxygen atoms in total. The normalized spacial score (nSPS) is 14.0. The van der Waals surface area contributed by atoms with Crippen molar-refractivity contribution >= 4 is 0 Å². The van der Waals surface area contributed by atoms with E-state index in [0.717, 1.165) is 6.54 Å². The maximum absolute atomic E-state index is 9.69. The second-order valence-corrected chi connectivity index (χ2v) is 4.11. The summed E-state index contributed by atoms with van der Waals surface area (Å²) >= 11 is 0. The summed E-state index contributed by atoms with van der Waals surface area (Å²) in [5, 5.41) is 13.0. The van der Waals surface area contributed by atoms with Crippen LogP contribution in [0, 0.1) is 0 Å². The molecule has 3 heteroatoms. The molecule has 1 atom stereocenters. The third-order valence-corrected chi connectivity index (χ3v) is 2.42. The van der Waals surface area contributed by atoms with E-state index in [4.69, 9.17) is 0 Å². The molecule has 0 fully saturated rings. The Morgan fingerprint density at radius 2 is 2.00 bits per heavy atom. The quantitative estimate of drug-likeness (QED) is 0.760. The predicted molar refractivity (Wildman–Crippen MR) is 56.8 cm³/mol. The number of rotatable bonds is 4. The van der Waals surface area contributed by atoms with E-state index in [1.807, 2.05) is 19.1 Å². The van der Waals surface area contributed by atoms with Crippen LogP contribution in [0.15, 0.2) is 24.5 Å². The molecule has 1 rings (SSSR count). The maximum atomic E-state index is 9.69. The third-order valence-electron chi connectivity index (χ3n) is 2.42. The second-order valence-electron chi connectivity index (χ2n) is 4.11. The smallest absolute Gasteiger partial charge is 0.0741 e. The number of nitrogens with one attached hydrogen (secondary N) is 1. The van der Waals surface area contributed by atoms with Gasteiger partial charge in [0.05, 0.1) is 5.60 Å². The summed E-state index contributed by atoms with van der Waals surface area (Å²) in [4.78, 5) is 3.94. The first-order valence-corrected chi connectivity index (χ1v) is 4.85. The number of aliphatic hydroxyl groups is 1. The third kappa shape index (κ3) is 3.44. The van der Waals surface area contributed by atoms with Gasteiger partial charge in [-0.3, -0.25) is 4.98 Å². The van der Waals surface area contributed by atoms with Crippen LogP contribution < -0.4 is 5.32 Å². The lowest BCUT2D eigenvalue weighted by Crippen LogP contribution is -2.44. The second kappa shape index (κ2) is 4.53. The molecule has 1 aromatic heterocycles. The molecule has 0 radical (unpaired) electrons. The van der Waals surface area contributed by atoms with Crippen molar-refractivity contribution in [2.45, 2.75) is 39.0 Å². The van der Waals surface area contributed by atoms with Crippen LogP contribution in [0.2, 0.25) is 0 Å². The minimum Gasteiger partial charge on any atom is -0.389 e. The highest BCUT2D eigenvalue weighted by Crippen LogP contribution is 2.08. The Morgan fingerprint density at radius 3 is 2.50 bits per heavy atom. The monoisotopic (exact) mass is 194 g/mol. The van der Waals surface area contributed by atoms with Crippen LogP contribution in [0.3, 0.4) is 0 Å². The van der Waals surface area contributed by atoms with Gasteiger partial charge in [-0.1, -0.05) is 0 Å². The van der Waals surface area contributed by atoms with Gasteiger partial charge in [-0.2, -0.15) is 0 Å². The van der Waals surface area contributed by atoms with E-state index in [1.54, 1.807) is 26.2 Å². The molecule has 0 aliphatic carbocycles. The molecule has 2 N–H and O–H groups in total. The standard InChI is InChI=1S/C11H18N2O/c1-9(11(2,3)14)13-8-10-4-6-12-7-5-10/h4-7,9,13-14H,8H2,1-3H3. The molecule has 1 aromatic rings. The van der Waals surface area contributed by atoms with Crippen molar-refractivity contribution < 1.29 is 5.11 Å². The van der Waals surface area contributed by atoms with Gasteiger partial charge in [0.25, 0.3) is 0 Å². The Kier molecular flexibility index (Phi) is 3.61. The summed E-state index contributed by atoms with van der Waals surface area (Å²) in [5.41, 5.74) is 0.489. The molecule has 0 bridgehead atoms. The summed E-state index contributed by atoms with van der Waals surface area (Å²) in [7, 11) is 0. The van der Waals surface area contributed by atoms with Crippen LogP contribution in [0.5, 0.6) is 0 Å². The van der Waals surface area contributed by atoms with E-state index >= 15 is 0 Å². The van der Waals surface area contributed by atoms with E-state index in [0.29, 0.717) is 0 Å². The molecule has 0 aliphatic rings. The molecule has 1 unspecified atom stereocenters. The fraction of sp³-hybridized carbons (Fsp3) is 0.545. The first-order valence-electron chi connectivity index (χ1n) is 4.85. The minimum atomic E-state index is -0.687. The largest absolute Gasteiger partial charge is 0.389 e. The van der Waals surface area contributed by atoms with Gasteiger partial charge in [0.15, 0.2) is 0 Å². The summed E-state index contributed by atoms with van der Waals surface area (Å²) in [6, 6.07) is 3.99. The number of nitrogens with zero attached hydrogens (tertiary/aromatic N) is 1. The van der Waals surface area contributed by atoms with Crippen molar-refractivity contribution in [2.24, 2.45) is 0 Å².